The quantitative estimate of drug-likeness (QED) is 0.778. The first kappa shape index (κ1) is 20.3. The highest BCUT2D eigenvalue weighted by Gasteiger charge is 2.30. The highest BCUT2D eigenvalue weighted by atomic mass is 16.2. The number of hydrogen-bond donors (Lipinski definition) is 1. The van der Waals surface area contributed by atoms with Crippen LogP contribution in [0.4, 0.5) is 5.69 Å². The molecule has 2 aromatic carbocycles. The number of aryl methyl sites for hydroxylation is 3. The molecular formula is C24H30N2O2. The predicted octanol–water partition coefficient (Wildman–Crippen LogP) is 4.53. The van der Waals surface area contributed by atoms with Crippen molar-refractivity contribution >= 4 is 17.4 Å². The van der Waals surface area contributed by atoms with Gasteiger partial charge in [-0.3, -0.25) is 14.5 Å². The molecule has 1 saturated heterocycles. The SMILES string of the molecule is Cc1ccc(C(=O)C2CCN([C@H](C)C(=O)Nc3c(C)cccc3C)CC2)cc1. The molecule has 0 aliphatic carbocycles. The van der Waals surface area contributed by atoms with Gasteiger partial charge in [-0.05, 0) is 64.8 Å². The fraction of sp³-hybridized carbons (Fsp3) is 0.417. The maximum absolute atomic E-state index is 12.8. The number of para-hydroxylation sites is 1. The molecular weight excluding hydrogens is 348 g/mol. The second-order valence-corrected chi connectivity index (χ2v) is 7.97. The molecule has 0 bridgehead atoms. The second-order valence-electron chi connectivity index (χ2n) is 7.97. The molecule has 2 aromatic rings. The number of benzene rings is 2. The topological polar surface area (TPSA) is 49.4 Å². The third-order valence-electron chi connectivity index (χ3n) is 5.89. The van der Waals surface area contributed by atoms with Gasteiger partial charge in [0.2, 0.25) is 5.91 Å². The molecule has 1 heterocycles. The van der Waals surface area contributed by atoms with Crippen LogP contribution in [0.2, 0.25) is 0 Å². The molecule has 1 atom stereocenters. The summed E-state index contributed by atoms with van der Waals surface area (Å²) in [6.07, 6.45) is 1.60. The summed E-state index contributed by atoms with van der Waals surface area (Å²) in [7, 11) is 0. The molecule has 0 spiro atoms. The number of carbonyl (C=O) groups is 2. The van der Waals surface area contributed by atoms with Crippen LogP contribution >= 0.6 is 0 Å². The first-order valence-corrected chi connectivity index (χ1v) is 10.1. The molecule has 0 aromatic heterocycles. The molecule has 4 heteroatoms. The molecule has 3 rings (SSSR count). The van der Waals surface area contributed by atoms with Crippen LogP contribution in [0.3, 0.4) is 0 Å². The lowest BCUT2D eigenvalue weighted by atomic mass is 9.88. The predicted molar refractivity (Wildman–Crippen MR) is 114 cm³/mol. The Morgan fingerprint density at radius 2 is 1.54 bits per heavy atom. The van der Waals surface area contributed by atoms with Crippen LogP contribution in [-0.4, -0.2) is 35.7 Å². The Kier molecular flexibility index (Phi) is 6.30. The molecule has 0 radical (unpaired) electrons. The Balaban J connectivity index is 1.57. The lowest BCUT2D eigenvalue weighted by molar-refractivity contribution is -0.121. The second kappa shape index (κ2) is 8.70. The molecule has 1 aliphatic heterocycles. The van der Waals surface area contributed by atoms with Crippen molar-refractivity contribution in [3.63, 3.8) is 0 Å². The van der Waals surface area contributed by atoms with Gasteiger partial charge in [-0.15, -0.1) is 0 Å². The summed E-state index contributed by atoms with van der Waals surface area (Å²) in [5, 5.41) is 3.09. The fourth-order valence-corrected chi connectivity index (χ4v) is 3.91. The summed E-state index contributed by atoms with van der Waals surface area (Å²) >= 11 is 0. The molecule has 1 amide bonds. The van der Waals surface area contributed by atoms with E-state index in [1.807, 2.05) is 70.2 Å². The fourth-order valence-electron chi connectivity index (χ4n) is 3.91. The van der Waals surface area contributed by atoms with Crippen LogP contribution in [0.5, 0.6) is 0 Å². The van der Waals surface area contributed by atoms with E-state index in [2.05, 4.69) is 10.2 Å². The Labute approximate surface area is 167 Å². The number of likely N-dealkylation sites (tertiary alicyclic amines) is 1. The van der Waals surface area contributed by atoms with Crippen molar-refractivity contribution < 1.29 is 9.59 Å². The van der Waals surface area contributed by atoms with Gasteiger partial charge in [-0.1, -0.05) is 48.0 Å². The number of nitrogens with one attached hydrogen (secondary N) is 1. The molecule has 28 heavy (non-hydrogen) atoms. The summed E-state index contributed by atoms with van der Waals surface area (Å²) in [6.45, 7) is 9.53. The third kappa shape index (κ3) is 4.50. The number of hydrogen-bond acceptors (Lipinski definition) is 3. The number of anilines is 1. The highest BCUT2D eigenvalue weighted by Crippen LogP contribution is 2.25. The summed E-state index contributed by atoms with van der Waals surface area (Å²) in [5.41, 5.74) is 5.01. The minimum Gasteiger partial charge on any atom is -0.324 e. The van der Waals surface area contributed by atoms with Gasteiger partial charge in [0.05, 0.1) is 6.04 Å². The number of piperidine rings is 1. The van der Waals surface area contributed by atoms with Crippen molar-refractivity contribution in [3.05, 3.63) is 64.7 Å². The number of rotatable bonds is 5. The molecule has 1 fully saturated rings. The maximum atomic E-state index is 12.8. The Hall–Kier alpha value is -2.46. The minimum absolute atomic E-state index is 0.0145. The average Bonchev–Trinajstić information content (AvgIpc) is 2.70. The van der Waals surface area contributed by atoms with E-state index in [1.165, 1.54) is 0 Å². The van der Waals surface area contributed by atoms with Gasteiger partial charge < -0.3 is 5.32 Å². The Morgan fingerprint density at radius 1 is 0.964 bits per heavy atom. The number of nitrogens with zero attached hydrogens (tertiary/aromatic N) is 1. The van der Waals surface area contributed by atoms with Gasteiger partial charge in [0.1, 0.15) is 0 Å². The van der Waals surface area contributed by atoms with Crippen molar-refractivity contribution in [1.29, 1.82) is 0 Å². The van der Waals surface area contributed by atoms with Crippen LogP contribution in [0.25, 0.3) is 0 Å². The van der Waals surface area contributed by atoms with E-state index in [-0.39, 0.29) is 23.7 Å². The normalized spacial score (nSPS) is 16.6. The highest BCUT2D eigenvalue weighted by molar-refractivity contribution is 5.98. The summed E-state index contributed by atoms with van der Waals surface area (Å²) in [4.78, 5) is 27.7. The maximum Gasteiger partial charge on any atom is 0.241 e. The number of ketones is 1. The molecule has 4 nitrogen and oxygen atoms in total. The minimum atomic E-state index is -0.213. The van der Waals surface area contributed by atoms with Crippen molar-refractivity contribution in [2.45, 2.75) is 46.6 Å². The van der Waals surface area contributed by atoms with Gasteiger partial charge in [-0.2, -0.15) is 0 Å². The Bertz CT molecular complexity index is 829. The molecule has 1 N–H and O–H groups in total. The largest absolute Gasteiger partial charge is 0.324 e. The van der Waals surface area contributed by atoms with E-state index >= 15 is 0 Å². The summed E-state index contributed by atoms with van der Waals surface area (Å²) in [6, 6.07) is 13.6. The first-order chi connectivity index (χ1) is 13.4. The van der Waals surface area contributed by atoms with Crippen molar-refractivity contribution in [2.75, 3.05) is 18.4 Å². The van der Waals surface area contributed by atoms with E-state index in [4.69, 9.17) is 0 Å². The third-order valence-corrected chi connectivity index (χ3v) is 5.89. The first-order valence-electron chi connectivity index (χ1n) is 10.1. The molecule has 148 valence electrons. The van der Waals surface area contributed by atoms with Crippen LogP contribution in [0.1, 0.15) is 46.8 Å². The lowest BCUT2D eigenvalue weighted by Crippen LogP contribution is -2.47. The summed E-state index contributed by atoms with van der Waals surface area (Å²) < 4.78 is 0. The van der Waals surface area contributed by atoms with E-state index in [1.54, 1.807) is 0 Å². The average molecular weight is 379 g/mol. The van der Waals surface area contributed by atoms with Crippen LogP contribution < -0.4 is 5.32 Å². The zero-order valence-corrected chi connectivity index (χ0v) is 17.3. The van der Waals surface area contributed by atoms with Gasteiger partial charge >= 0.3 is 0 Å². The van der Waals surface area contributed by atoms with Crippen LogP contribution in [-0.2, 0) is 4.79 Å². The summed E-state index contributed by atoms with van der Waals surface area (Å²) in [5.74, 6) is 0.292. The van der Waals surface area contributed by atoms with Gasteiger partial charge in [0.15, 0.2) is 5.78 Å². The van der Waals surface area contributed by atoms with E-state index in [0.717, 1.165) is 53.9 Å². The zero-order valence-electron chi connectivity index (χ0n) is 17.3. The molecule has 0 saturated carbocycles. The van der Waals surface area contributed by atoms with Crippen molar-refractivity contribution in [3.8, 4) is 0 Å². The number of amides is 1. The standard InChI is InChI=1S/C24H30N2O2/c1-16-8-10-20(11-9-16)23(27)21-12-14-26(15-13-21)19(4)24(28)25-22-17(2)6-5-7-18(22)3/h5-11,19,21H,12-15H2,1-4H3,(H,25,28)/t19-/m1/s1. The van der Waals surface area contributed by atoms with Crippen molar-refractivity contribution in [1.82, 2.24) is 4.90 Å². The zero-order chi connectivity index (χ0) is 20.3. The number of carbonyl (C=O) groups excluding carboxylic acids is 2. The van der Waals surface area contributed by atoms with Gasteiger partial charge in [-0.25, -0.2) is 0 Å². The van der Waals surface area contributed by atoms with Crippen LogP contribution in [0, 0.1) is 26.7 Å². The van der Waals surface area contributed by atoms with E-state index < -0.39 is 0 Å². The molecule has 0 unspecified atom stereocenters. The van der Waals surface area contributed by atoms with Gasteiger partial charge in [0.25, 0.3) is 0 Å². The molecule has 1 aliphatic rings. The monoisotopic (exact) mass is 378 g/mol. The van der Waals surface area contributed by atoms with E-state index in [9.17, 15) is 9.59 Å². The van der Waals surface area contributed by atoms with Gasteiger partial charge in [0, 0.05) is 17.2 Å². The Morgan fingerprint density at radius 3 is 2.11 bits per heavy atom. The van der Waals surface area contributed by atoms with Crippen molar-refractivity contribution in [2.24, 2.45) is 5.92 Å². The number of Topliss-reactive ketones (excluding diaryl/α,β-unsaturated/α-hetero) is 1. The lowest BCUT2D eigenvalue weighted by Gasteiger charge is -2.35. The van der Waals surface area contributed by atoms with E-state index in [0.29, 0.717) is 0 Å². The van der Waals surface area contributed by atoms with Crippen LogP contribution in [0.15, 0.2) is 42.5 Å². The smallest absolute Gasteiger partial charge is 0.241 e.